The fourth-order valence-corrected chi connectivity index (χ4v) is 2.18. The molecule has 0 aliphatic heterocycles. The average Bonchev–Trinajstić information content (AvgIpc) is 2.55. The number of esters is 1. The first kappa shape index (κ1) is 17.3. The molecule has 0 N–H and O–H groups in total. The Hall–Kier alpha value is -3.01. The molecular weight excluding hydrogens is 388 g/mol. The van der Waals surface area contributed by atoms with E-state index in [1.54, 1.807) is 0 Å². The van der Waals surface area contributed by atoms with Gasteiger partial charge in [-0.2, -0.15) is 0 Å². The minimum atomic E-state index is -0.959. The standard InChI is InChI=1S/C14H9BrN2O7/c1-23-9-3-5-13(12(7-9)17(21)22)24-14(18)8-2-4-10(15)11(6-8)16(19)20/h2-7H,1H3. The topological polar surface area (TPSA) is 122 Å². The molecule has 0 saturated heterocycles. The van der Waals surface area contributed by atoms with Gasteiger partial charge in [0.2, 0.25) is 5.75 Å². The van der Waals surface area contributed by atoms with Crippen molar-refractivity contribution in [2.75, 3.05) is 7.11 Å². The maximum Gasteiger partial charge on any atom is 0.344 e. The van der Waals surface area contributed by atoms with Crippen molar-refractivity contribution in [1.82, 2.24) is 0 Å². The lowest BCUT2D eigenvalue weighted by molar-refractivity contribution is -0.385. The number of carbonyl (C=O) groups is 1. The van der Waals surface area contributed by atoms with Gasteiger partial charge in [-0.05, 0) is 40.2 Å². The first-order valence-corrected chi connectivity index (χ1v) is 7.11. The van der Waals surface area contributed by atoms with Gasteiger partial charge >= 0.3 is 11.7 Å². The van der Waals surface area contributed by atoms with Crippen LogP contribution in [-0.2, 0) is 0 Å². The second-order valence-electron chi connectivity index (χ2n) is 4.40. The summed E-state index contributed by atoms with van der Waals surface area (Å²) in [5.74, 6) is -1.03. The molecule has 0 radical (unpaired) electrons. The van der Waals surface area contributed by atoms with Crippen LogP contribution in [0.1, 0.15) is 10.4 Å². The monoisotopic (exact) mass is 396 g/mol. The Bertz CT molecular complexity index is 838. The molecule has 10 heteroatoms. The van der Waals surface area contributed by atoms with Crippen LogP contribution >= 0.6 is 15.9 Å². The van der Waals surface area contributed by atoms with Gasteiger partial charge in [0, 0.05) is 6.07 Å². The van der Waals surface area contributed by atoms with E-state index in [-0.39, 0.29) is 27.2 Å². The van der Waals surface area contributed by atoms with E-state index in [9.17, 15) is 25.0 Å². The number of nitro benzene ring substituents is 2. The zero-order valence-corrected chi connectivity index (χ0v) is 13.7. The van der Waals surface area contributed by atoms with Crippen molar-refractivity contribution in [3.05, 3.63) is 66.7 Å². The number of hydrogen-bond donors (Lipinski definition) is 0. The number of nitro groups is 2. The number of nitrogens with zero attached hydrogens (tertiary/aromatic N) is 2. The van der Waals surface area contributed by atoms with Crippen molar-refractivity contribution in [2.45, 2.75) is 0 Å². The van der Waals surface area contributed by atoms with E-state index in [2.05, 4.69) is 15.9 Å². The Labute approximate surface area is 143 Å². The van der Waals surface area contributed by atoms with Crippen molar-refractivity contribution < 1.29 is 24.1 Å². The van der Waals surface area contributed by atoms with Gasteiger partial charge in [-0.3, -0.25) is 20.2 Å². The Morgan fingerprint density at radius 3 is 2.29 bits per heavy atom. The fourth-order valence-electron chi connectivity index (χ4n) is 1.79. The van der Waals surface area contributed by atoms with Gasteiger partial charge in [-0.25, -0.2) is 4.79 Å². The molecule has 0 fully saturated rings. The molecule has 0 amide bonds. The van der Waals surface area contributed by atoms with E-state index >= 15 is 0 Å². The maximum atomic E-state index is 12.1. The van der Waals surface area contributed by atoms with Gasteiger partial charge in [-0.15, -0.1) is 0 Å². The first-order chi connectivity index (χ1) is 11.3. The van der Waals surface area contributed by atoms with Crippen LogP contribution in [0.15, 0.2) is 40.9 Å². The Morgan fingerprint density at radius 1 is 1.04 bits per heavy atom. The lowest BCUT2D eigenvalue weighted by Gasteiger charge is -2.07. The predicted molar refractivity (Wildman–Crippen MR) is 85.4 cm³/mol. The minimum absolute atomic E-state index is 0.116. The molecule has 0 saturated carbocycles. The predicted octanol–water partition coefficient (Wildman–Crippen LogP) is 3.49. The van der Waals surface area contributed by atoms with Crippen molar-refractivity contribution in [1.29, 1.82) is 0 Å². The number of ether oxygens (including phenoxy) is 2. The Morgan fingerprint density at radius 2 is 1.71 bits per heavy atom. The SMILES string of the molecule is COc1ccc(OC(=O)c2ccc(Br)c([N+](=O)[O-])c2)c([N+](=O)[O-])c1. The molecule has 0 unspecified atom stereocenters. The van der Waals surface area contributed by atoms with Crippen molar-refractivity contribution >= 4 is 33.3 Å². The maximum absolute atomic E-state index is 12.1. The summed E-state index contributed by atoms with van der Waals surface area (Å²) in [6.45, 7) is 0. The second-order valence-corrected chi connectivity index (χ2v) is 5.26. The summed E-state index contributed by atoms with van der Waals surface area (Å²) < 4.78 is 10.1. The summed E-state index contributed by atoms with van der Waals surface area (Å²) in [6, 6.07) is 7.34. The molecule has 0 aliphatic rings. The molecule has 2 rings (SSSR count). The molecule has 124 valence electrons. The quantitative estimate of drug-likeness (QED) is 0.328. The van der Waals surface area contributed by atoms with E-state index in [4.69, 9.17) is 9.47 Å². The number of hydrogen-bond acceptors (Lipinski definition) is 7. The molecule has 0 spiro atoms. The Balaban J connectivity index is 2.35. The van der Waals surface area contributed by atoms with Crippen molar-refractivity contribution in [3.63, 3.8) is 0 Å². The number of benzene rings is 2. The Kier molecular flexibility index (Phi) is 5.09. The molecule has 0 aliphatic carbocycles. The van der Waals surface area contributed by atoms with Gasteiger partial charge < -0.3 is 9.47 Å². The fraction of sp³-hybridized carbons (Fsp3) is 0.0714. The number of methoxy groups -OCH3 is 1. The van der Waals surface area contributed by atoms with Crippen LogP contribution in [-0.4, -0.2) is 22.9 Å². The molecule has 2 aromatic carbocycles. The number of carbonyl (C=O) groups excluding carboxylic acids is 1. The van der Waals surface area contributed by atoms with Crippen LogP contribution in [0.4, 0.5) is 11.4 Å². The lowest BCUT2D eigenvalue weighted by Crippen LogP contribution is -2.10. The van der Waals surface area contributed by atoms with Crippen LogP contribution in [0.2, 0.25) is 0 Å². The van der Waals surface area contributed by atoms with Gasteiger partial charge in [0.25, 0.3) is 5.69 Å². The van der Waals surface area contributed by atoms with E-state index < -0.39 is 21.5 Å². The molecule has 0 bridgehead atoms. The van der Waals surface area contributed by atoms with Crippen molar-refractivity contribution in [3.8, 4) is 11.5 Å². The largest absolute Gasteiger partial charge is 0.496 e. The van der Waals surface area contributed by atoms with Crippen LogP contribution in [0.5, 0.6) is 11.5 Å². The van der Waals surface area contributed by atoms with E-state index in [0.29, 0.717) is 0 Å². The zero-order valence-electron chi connectivity index (χ0n) is 12.1. The van der Waals surface area contributed by atoms with Gasteiger partial charge in [-0.1, -0.05) is 0 Å². The molecule has 0 atom stereocenters. The normalized spacial score (nSPS) is 10.1. The molecular formula is C14H9BrN2O7. The zero-order chi connectivity index (χ0) is 17.9. The third-order valence-electron chi connectivity index (χ3n) is 2.94. The minimum Gasteiger partial charge on any atom is -0.496 e. The van der Waals surface area contributed by atoms with E-state index in [1.165, 1.54) is 31.4 Å². The second kappa shape index (κ2) is 7.04. The van der Waals surface area contributed by atoms with E-state index in [0.717, 1.165) is 12.1 Å². The molecule has 2 aromatic rings. The summed E-state index contributed by atoms with van der Waals surface area (Å²) in [5.41, 5.74) is -0.905. The number of halogens is 1. The van der Waals surface area contributed by atoms with Crippen LogP contribution < -0.4 is 9.47 Å². The number of rotatable bonds is 5. The summed E-state index contributed by atoms with van der Waals surface area (Å²) in [7, 11) is 1.34. The van der Waals surface area contributed by atoms with Gasteiger partial charge in [0.05, 0.1) is 33.1 Å². The molecule has 24 heavy (non-hydrogen) atoms. The highest BCUT2D eigenvalue weighted by Crippen LogP contribution is 2.32. The van der Waals surface area contributed by atoms with E-state index in [1.807, 2.05) is 0 Å². The highest BCUT2D eigenvalue weighted by Gasteiger charge is 2.22. The van der Waals surface area contributed by atoms with Crippen molar-refractivity contribution in [2.24, 2.45) is 0 Å². The van der Waals surface area contributed by atoms with Crippen LogP contribution in [0.3, 0.4) is 0 Å². The molecule has 0 heterocycles. The van der Waals surface area contributed by atoms with Crippen LogP contribution in [0, 0.1) is 20.2 Å². The third-order valence-corrected chi connectivity index (χ3v) is 3.61. The van der Waals surface area contributed by atoms with Gasteiger partial charge in [0.15, 0.2) is 0 Å². The van der Waals surface area contributed by atoms with Crippen LogP contribution in [0.25, 0.3) is 0 Å². The molecule has 0 aromatic heterocycles. The summed E-state index contributed by atoms with van der Waals surface area (Å²) >= 11 is 3.00. The third kappa shape index (κ3) is 3.66. The highest BCUT2D eigenvalue weighted by molar-refractivity contribution is 9.10. The summed E-state index contributed by atoms with van der Waals surface area (Å²) in [6.07, 6.45) is 0. The first-order valence-electron chi connectivity index (χ1n) is 6.32. The smallest absolute Gasteiger partial charge is 0.344 e. The summed E-state index contributed by atoms with van der Waals surface area (Å²) in [5, 5.41) is 21.9. The van der Waals surface area contributed by atoms with Gasteiger partial charge in [0.1, 0.15) is 5.75 Å². The molecule has 9 nitrogen and oxygen atoms in total. The highest BCUT2D eigenvalue weighted by atomic mass is 79.9. The summed E-state index contributed by atoms with van der Waals surface area (Å²) in [4.78, 5) is 32.7. The lowest BCUT2D eigenvalue weighted by atomic mass is 10.2. The average molecular weight is 397 g/mol.